The van der Waals surface area contributed by atoms with E-state index in [1.807, 2.05) is 118 Å². The van der Waals surface area contributed by atoms with Gasteiger partial charge in [0.2, 0.25) is 17.7 Å². The SMILES string of the molecule is C=C(C)C(=O)OCCOC(=O)C(C)(C)CC.C=C(C)C(=O)Oc1ccc(NC(=O)C(C)(C)CC)cc1.CCC(C)(C)C(=O)Nc1ccc(OC(C)=O)cc1.CCC(C)(C)C(=O)OCCOC.CCC(C)(C)C(=O)OCCOC(=O)CC(C)=O.CCC(C)(C)C(=O)OCCOC(=O)CC(C)=O.CCC(C)(C)C(=O)OCCOC(=O)CC(C)=O.CCC(C)C(=O)NC. The second-order valence-corrected chi connectivity index (χ2v) is 33.2. The molecule has 0 aliphatic heterocycles. The maximum Gasteiger partial charge on any atom is 0.338 e. The molecule has 0 radical (unpaired) electrons. The van der Waals surface area contributed by atoms with E-state index in [9.17, 15) is 81.5 Å². The molecule has 2 aromatic carbocycles. The summed E-state index contributed by atoms with van der Waals surface area (Å²) in [6, 6.07) is 13.4. The fraction of sp³-hybridized carbons (Fsp3) is 0.645. The van der Waals surface area contributed by atoms with E-state index in [0.717, 1.165) is 25.7 Å². The van der Waals surface area contributed by atoms with Gasteiger partial charge in [-0.15, -0.1) is 0 Å². The molecule has 3 N–H and O–H groups in total. The van der Waals surface area contributed by atoms with Crippen LogP contribution in [0.25, 0.3) is 0 Å². The first-order valence-electron chi connectivity index (χ1n) is 41.8. The van der Waals surface area contributed by atoms with Crippen molar-refractivity contribution < 1.29 is 138 Å². The zero-order chi connectivity index (χ0) is 98.5. The highest BCUT2D eigenvalue weighted by atomic mass is 16.6. The van der Waals surface area contributed by atoms with Crippen LogP contribution in [-0.4, -0.2) is 181 Å². The van der Waals surface area contributed by atoms with Gasteiger partial charge in [0, 0.05) is 60.4 Å². The first-order valence-corrected chi connectivity index (χ1v) is 41.8. The maximum absolute atomic E-state index is 12.0. The molecule has 32 nitrogen and oxygen atoms in total. The Balaban J connectivity index is -0.000000327. The Morgan fingerprint density at radius 1 is 0.328 bits per heavy atom. The van der Waals surface area contributed by atoms with Gasteiger partial charge in [0.25, 0.3) is 0 Å². The lowest BCUT2D eigenvalue weighted by atomic mass is 9.89. The third-order valence-electron chi connectivity index (χ3n) is 18.9. The molecule has 32 heteroatoms. The number of ether oxygens (including phenoxy) is 12. The quantitative estimate of drug-likeness (QED) is 0.0139. The summed E-state index contributed by atoms with van der Waals surface area (Å²) in [7, 11) is 3.24. The van der Waals surface area contributed by atoms with Crippen molar-refractivity contribution in [2.24, 2.45) is 43.8 Å². The Hall–Kier alpha value is -10.5. The van der Waals surface area contributed by atoms with Gasteiger partial charge >= 0.3 is 65.7 Å². The molecular weight excluding hydrogens is 1620 g/mol. The summed E-state index contributed by atoms with van der Waals surface area (Å²) in [5, 5.41) is 8.25. The van der Waals surface area contributed by atoms with E-state index in [1.54, 1.807) is 118 Å². The van der Waals surface area contributed by atoms with Crippen LogP contribution >= 0.6 is 0 Å². The summed E-state index contributed by atoms with van der Waals surface area (Å²) in [6.45, 7) is 59.5. The molecule has 0 heterocycles. The topological polar surface area (TPSA) is 437 Å². The van der Waals surface area contributed by atoms with E-state index >= 15 is 0 Å². The van der Waals surface area contributed by atoms with Crippen molar-refractivity contribution in [2.75, 3.05) is 90.9 Å². The van der Waals surface area contributed by atoms with Gasteiger partial charge in [0.1, 0.15) is 108 Å². The lowest BCUT2D eigenvalue weighted by Gasteiger charge is -2.21. The van der Waals surface area contributed by atoms with Crippen molar-refractivity contribution in [3.63, 3.8) is 0 Å². The number of ketones is 3. The largest absolute Gasteiger partial charge is 0.463 e. The Morgan fingerprint density at radius 3 is 0.760 bits per heavy atom. The summed E-state index contributed by atoms with van der Waals surface area (Å²) in [4.78, 5) is 190. The molecule has 0 aromatic heterocycles. The van der Waals surface area contributed by atoms with E-state index in [1.165, 1.54) is 27.7 Å². The first kappa shape index (κ1) is 125. The molecule has 712 valence electrons. The van der Waals surface area contributed by atoms with Crippen LogP contribution in [0.4, 0.5) is 11.4 Å². The minimum Gasteiger partial charge on any atom is -0.463 e. The van der Waals surface area contributed by atoms with Gasteiger partial charge in [-0.25, -0.2) is 9.59 Å². The van der Waals surface area contributed by atoms with Gasteiger partial charge in [-0.3, -0.25) is 71.9 Å². The maximum atomic E-state index is 12.0. The number of carbonyl (C=O) groups excluding carboxylic acids is 17. The van der Waals surface area contributed by atoms with Gasteiger partial charge in [-0.05, 0) is 204 Å². The fourth-order valence-electron chi connectivity index (χ4n) is 6.87. The number of hydrogen-bond acceptors (Lipinski definition) is 29. The molecule has 0 saturated heterocycles. The predicted octanol–water partition coefficient (Wildman–Crippen LogP) is 15.5. The van der Waals surface area contributed by atoms with Crippen LogP contribution in [0.3, 0.4) is 0 Å². The second-order valence-electron chi connectivity index (χ2n) is 33.2. The van der Waals surface area contributed by atoms with Gasteiger partial charge in [-0.1, -0.05) is 103 Å². The third kappa shape index (κ3) is 63.1. The van der Waals surface area contributed by atoms with Crippen LogP contribution < -0.4 is 25.4 Å². The van der Waals surface area contributed by atoms with E-state index < -0.39 is 62.3 Å². The highest BCUT2D eigenvalue weighted by Gasteiger charge is 2.32. The minimum absolute atomic E-state index is 0.0162. The van der Waals surface area contributed by atoms with Crippen LogP contribution in [0.1, 0.15) is 271 Å². The predicted molar refractivity (Wildman–Crippen MR) is 475 cm³/mol. The average molecular weight is 1780 g/mol. The van der Waals surface area contributed by atoms with E-state index in [2.05, 4.69) is 29.1 Å². The standard InChI is InChI=1S/C16H21NO3.C14H19NO3.3C12H20O5.C12H20O4.C9H18O3.C6H13NO/c1-6-16(4,5)15(19)17-12-7-9-13(10-8-12)20-14(18)11(2)3;1-5-14(3,4)13(17)15-11-6-8-12(9-7-11)18-10(2)16;3*1-5-12(3,4)11(15)17-7-6-16-10(14)8-9(2)13;1-6-12(4,5)11(14)16-8-7-15-10(13)9(2)3;1-5-9(2,3)8(10)12-7-6-11-4;1-4-5(2)6(8)7-3/h7-10H,2,6H2,1,3-5H3,(H,17,19);6-9H,5H2,1-4H3,(H,15,17);3*5-8H2,1-4H3;2,6-8H2,1,3-5H3;5-7H2,1-4H3;5H,4H2,1-3H3,(H,7,8). The van der Waals surface area contributed by atoms with Crippen LogP contribution in [0.15, 0.2) is 72.8 Å². The highest BCUT2D eigenvalue weighted by Crippen LogP contribution is 2.28. The summed E-state index contributed by atoms with van der Waals surface area (Å²) >= 11 is 0. The van der Waals surface area contributed by atoms with Crippen molar-refractivity contribution in [3.05, 3.63) is 72.8 Å². The summed E-state index contributed by atoms with van der Waals surface area (Å²) < 4.78 is 58.5. The minimum atomic E-state index is -0.594. The lowest BCUT2D eigenvalue weighted by Crippen LogP contribution is -2.29. The van der Waals surface area contributed by atoms with Gasteiger partial charge in [0.05, 0.1) is 33.7 Å². The Morgan fingerprint density at radius 2 is 0.560 bits per heavy atom. The number of carbonyl (C=O) groups is 17. The molecular formula is C93H151N3O29. The monoisotopic (exact) mass is 1770 g/mol. The van der Waals surface area contributed by atoms with Crippen molar-refractivity contribution in [2.45, 2.75) is 271 Å². The van der Waals surface area contributed by atoms with Crippen LogP contribution in [-0.2, 0) is 129 Å². The van der Waals surface area contributed by atoms with Crippen LogP contribution in [0, 0.1) is 43.8 Å². The molecule has 2 aromatic rings. The summed E-state index contributed by atoms with van der Waals surface area (Å²) in [5.41, 5.74) is -1.20. The number of hydrogen-bond donors (Lipinski definition) is 3. The zero-order valence-electron chi connectivity index (χ0n) is 80.8. The molecule has 0 spiro atoms. The highest BCUT2D eigenvalue weighted by molar-refractivity contribution is 5.97. The number of rotatable bonds is 43. The van der Waals surface area contributed by atoms with Crippen molar-refractivity contribution in [1.29, 1.82) is 0 Å². The summed E-state index contributed by atoms with van der Waals surface area (Å²) in [6.07, 6.45) is 5.24. The van der Waals surface area contributed by atoms with E-state index in [4.69, 9.17) is 56.8 Å². The fourth-order valence-corrected chi connectivity index (χ4v) is 6.87. The van der Waals surface area contributed by atoms with Gasteiger partial charge < -0.3 is 72.8 Å². The summed E-state index contributed by atoms with van der Waals surface area (Å²) in [5.74, 6) is -4.08. The number of methoxy groups -OCH3 is 1. The molecule has 0 aliphatic rings. The second kappa shape index (κ2) is 66.0. The molecule has 0 saturated carbocycles. The van der Waals surface area contributed by atoms with Crippen LogP contribution in [0.2, 0.25) is 0 Å². The average Bonchev–Trinajstić information content (AvgIpc) is 0.862. The molecule has 1 unspecified atom stereocenters. The number of benzene rings is 2. The molecule has 3 amide bonds. The number of amides is 3. The number of Topliss-reactive ketones (excluding diaryl/α,β-unsaturated/α-hetero) is 3. The molecule has 0 aliphatic carbocycles. The normalized spacial score (nSPS) is 11.0. The molecule has 1 atom stereocenters. The number of nitrogens with one attached hydrogen (secondary N) is 3. The van der Waals surface area contributed by atoms with Crippen molar-refractivity contribution >= 4 is 112 Å². The van der Waals surface area contributed by atoms with Crippen LogP contribution in [0.5, 0.6) is 11.5 Å². The van der Waals surface area contributed by atoms with Gasteiger partial charge in [0.15, 0.2) is 0 Å². The first-order chi connectivity index (χ1) is 57.5. The van der Waals surface area contributed by atoms with Crippen molar-refractivity contribution in [1.82, 2.24) is 5.32 Å². The van der Waals surface area contributed by atoms with E-state index in [0.29, 0.717) is 72.9 Å². The number of anilines is 2. The molecule has 125 heavy (non-hydrogen) atoms. The van der Waals surface area contributed by atoms with Gasteiger partial charge in [-0.2, -0.15) is 0 Å². The number of esters is 11. The Bertz CT molecular complexity index is 3570. The van der Waals surface area contributed by atoms with Crippen molar-refractivity contribution in [3.8, 4) is 11.5 Å². The molecule has 0 bridgehead atoms. The lowest BCUT2D eigenvalue weighted by molar-refractivity contribution is -0.159. The Labute approximate surface area is 742 Å². The zero-order valence-corrected chi connectivity index (χ0v) is 80.8. The molecule has 0 fully saturated rings. The smallest absolute Gasteiger partial charge is 0.338 e. The van der Waals surface area contributed by atoms with E-state index in [-0.39, 0.29) is 154 Å². The molecule has 2 rings (SSSR count). The third-order valence-corrected chi connectivity index (χ3v) is 18.9. The Kier molecular flexibility index (Phi) is 66.1.